The second kappa shape index (κ2) is 6.20. The fourth-order valence-corrected chi connectivity index (χ4v) is 1.88. The van der Waals surface area contributed by atoms with Gasteiger partial charge in [-0.05, 0) is 36.7 Å². The lowest BCUT2D eigenvalue weighted by atomic mass is 10.2. The summed E-state index contributed by atoms with van der Waals surface area (Å²) in [6.07, 6.45) is 2.73. The molecule has 1 heterocycles. The van der Waals surface area contributed by atoms with Crippen molar-refractivity contribution in [2.75, 3.05) is 25.6 Å². The van der Waals surface area contributed by atoms with Gasteiger partial charge in [0, 0.05) is 25.0 Å². The van der Waals surface area contributed by atoms with E-state index in [0.29, 0.717) is 6.54 Å². The van der Waals surface area contributed by atoms with Gasteiger partial charge in [-0.15, -0.1) is 0 Å². The van der Waals surface area contributed by atoms with Crippen molar-refractivity contribution in [1.82, 2.24) is 4.98 Å². The van der Waals surface area contributed by atoms with Crippen molar-refractivity contribution < 1.29 is 4.74 Å². The Morgan fingerprint density at radius 3 is 2.74 bits per heavy atom. The van der Waals surface area contributed by atoms with Crippen LogP contribution in [0.2, 0.25) is 0 Å². The number of anilines is 2. The second-order valence-electron chi connectivity index (χ2n) is 4.32. The Kier molecular flexibility index (Phi) is 4.36. The molecule has 0 aliphatic rings. The maximum atomic E-state index is 5.53. The van der Waals surface area contributed by atoms with E-state index >= 15 is 0 Å². The van der Waals surface area contributed by atoms with Gasteiger partial charge in [0.1, 0.15) is 11.6 Å². The van der Waals surface area contributed by atoms with Crippen molar-refractivity contribution in [3.8, 4) is 5.75 Å². The van der Waals surface area contributed by atoms with Gasteiger partial charge in [0.2, 0.25) is 0 Å². The molecule has 19 heavy (non-hydrogen) atoms. The van der Waals surface area contributed by atoms with Crippen LogP contribution in [0.1, 0.15) is 5.56 Å². The number of benzene rings is 1. The highest BCUT2D eigenvalue weighted by molar-refractivity contribution is 5.60. The van der Waals surface area contributed by atoms with Gasteiger partial charge in [-0.3, -0.25) is 0 Å². The number of aromatic nitrogens is 1. The summed E-state index contributed by atoms with van der Waals surface area (Å²) in [5.41, 5.74) is 7.73. The molecule has 0 atom stereocenters. The Hall–Kier alpha value is -2.07. The average molecular weight is 257 g/mol. The van der Waals surface area contributed by atoms with E-state index in [9.17, 15) is 0 Å². The lowest BCUT2D eigenvalue weighted by molar-refractivity contribution is 0.415. The number of nitrogens with zero attached hydrogens (tertiary/aromatic N) is 2. The number of methoxy groups -OCH3 is 1. The van der Waals surface area contributed by atoms with E-state index in [1.807, 2.05) is 48.5 Å². The number of pyridine rings is 1. The molecule has 100 valence electrons. The third-order valence-corrected chi connectivity index (χ3v) is 3.03. The fraction of sp³-hybridized carbons (Fsp3) is 0.267. The number of hydrogen-bond donors (Lipinski definition) is 1. The molecule has 0 amide bonds. The smallest absolute Gasteiger partial charge is 0.132 e. The predicted molar refractivity (Wildman–Crippen MR) is 78.1 cm³/mol. The van der Waals surface area contributed by atoms with Crippen LogP contribution < -0.4 is 15.4 Å². The number of hydrogen-bond acceptors (Lipinski definition) is 4. The summed E-state index contributed by atoms with van der Waals surface area (Å²) in [7, 11) is 3.65. The molecule has 2 N–H and O–H groups in total. The lowest BCUT2D eigenvalue weighted by Crippen LogP contribution is -2.11. The topological polar surface area (TPSA) is 51.4 Å². The Bertz CT molecular complexity index is 525. The van der Waals surface area contributed by atoms with Gasteiger partial charge in [0.25, 0.3) is 0 Å². The quantitative estimate of drug-likeness (QED) is 0.893. The molecule has 0 saturated heterocycles. The largest absolute Gasteiger partial charge is 0.497 e. The Morgan fingerprint density at radius 2 is 2.11 bits per heavy atom. The average Bonchev–Trinajstić information content (AvgIpc) is 2.48. The van der Waals surface area contributed by atoms with Crippen molar-refractivity contribution in [2.24, 2.45) is 5.73 Å². The molecule has 0 aliphatic carbocycles. The summed E-state index contributed by atoms with van der Waals surface area (Å²) < 4.78 is 5.23. The van der Waals surface area contributed by atoms with Gasteiger partial charge in [-0.2, -0.15) is 0 Å². The molecule has 4 heteroatoms. The normalized spacial score (nSPS) is 10.3. The minimum atomic E-state index is 0.646. The van der Waals surface area contributed by atoms with Crippen molar-refractivity contribution in [3.05, 3.63) is 48.2 Å². The highest BCUT2D eigenvalue weighted by Crippen LogP contribution is 2.25. The van der Waals surface area contributed by atoms with Crippen LogP contribution in [0.3, 0.4) is 0 Å². The summed E-state index contributed by atoms with van der Waals surface area (Å²) in [4.78, 5) is 6.48. The van der Waals surface area contributed by atoms with Gasteiger partial charge in [0.15, 0.2) is 0 Å². The third-order valence-electron chi connectivity index (χ3n) is 3.03. The van der Waals surface area contributed by atoms with Gasteiger partial charge in [-0.25, -0.2) is 4.98 Å². The van der Waals surface area contributed by atoms with E-state index < -0.39 is 0 Å². The van der Waals surface area contributed by atoms with E-state index in [-0.39, 0.29) is 0 Å². The third kappa shape index (κ3) is 3.23. The van der Waals surface area contributed by atoms with Gasteiger partial charge >= 0.3 is 0 Å². The van der Waals surface area contributed by atoms with E-state index in [0.717, 1.165) is 29.2 Å². The monoisotopic (exact) mass is 257 g/mol. The van der Waals surface area contributed by atoms with Crippen LogP contribution in [0.25, 0.3) is 0 Å². The summed E-state index contributed by atoms with van der Waals surface area (Å²) in [6, 6.07) is 12.0. The zero-order valence-corrected chi connectivity index (χ0v) is 11.3. The van der Waals surface area contributed by atoms with Gasteiger partial charge < -0.3 is 15.4 Å². The van der Waals surface area contributed by atoms with E-state index in [1.165, 1.54) is 0 Å². The Morgan fingerprint density at radius 1 is 1.26 bits per heavy atom. The van der Waals surface area contributed by atoms with Gasteiger partial charge in [-0.1, -0.05) is 12.1 Å². The summed E-state index contributed by atoms with van der Waals surface area (Å²) in [5.74, 6) is 1.73. The van der Waals surface area contributed by atoms with Crippen LogP contribution in [0.5, 0.6) is 5.75 Å². The standard InChI is InChI=1S/C15H19N3O/c1-18(13-4-3-5-14(10-13)19-2)15-7-6-12(8-9-16)11-17-15/h3-7,10-11H,8-9,16H2,1-2H3. The molecule has 0 unspecified atom stereocenters. The molecule has 2 rings (SSSR count). The lowest BCUT2D eigenvalue weighted by Gasteiger charge is -2.19. The van der Waals surface area contributed by atoms with Crippen LogP contribution in [0.15, 0.2) is 42.6 Å². The molecule has 0 fully saturated rings. The van der Waals surface area contributed by atoms with Crippen LogP contribution in [0, 0.1) is 0 Å². The first-order valence-corrected chi connectivity index (χ1v) is 6.27. The molecule has 4 nitrogen and oxygen atoms in total. The zero-order valence-electron chi connectivity index (χ0n) is 11.3. The summed E-state index contributed by atoms with van der Waals surface area (Å²) in [6.45, 7) is 0.646. The van der Waals surface area contributed by atoms with E-state index in [4.69, 9.17) is 10.5 Å². The van der Waals surface area contributed by atoms with Gasteiger partial charge in [0.05, 0.1) is 7.11 Å². The van der Waals surface area contributed by atoms with Crippen molar-refractivity contribution in [1.29, 1.82) is 0 Å². The first-order chi connectivity index (χ1) is 9.24. The SMILES string of the molecule is COc1cccc(N(C)c2ccc(CCN)cn2)c1. The Balaban J connectivity index is 2.20. The molecule has 1 aromatic heterocycles. The van der Waals surface area contributed by atoms with Crippen molar-refractivity contribution >= 4 is 11.5 Å². The minimum Gasteiger partial charge on any atom is -0.497 e. The fourth-order valence-electron chi connectivity index (χ4n) is 1.88. The molecule has 1 aromatic carbocycles. The highest BCUT2D eigenvalue weighted by Gasteiger charge is 2.06. The number of ether oxygens (including phenoxy) is 1. The Labute approximate surface area is 113 Å². The molecule has 2 aromatic rings. The number of rotatable bonds is 5. The van der Waals surface area contributed by atoms with Crippen molar-refractivity contribution in [2.45, 2.75) is 6.42 Å². The van der Waals surface area contributed by atoms with Crippen LogP contribution in [0.4, 0.5) is 11.5 Å². The molecular weight excluding hydrogens is 238 g/mol. The van der Waals surface area contributed by atoms with E-state index in [2.05, 4.69) is 11.1 Å². The molecule has 0 bridgehead atoms. The van der Waals surface area contributed by atoms with Crippen LogP contribution >= 0.6 is 0 Å². The maximum Gasteiger partial charge on any atom is 0.132 e. The first-order valence-electron chi connectivity index (χ1n) is 6.27. The molecule has 0 spiro atoms. The molecule has 0 radical (unpaired) electrons. The molecule has 0 aliphatic heterocycles. The highest BCUT2D eigenvalue weighted by atomic mass is 16.5. The summed E-state index contributed by atoms with van der Waals surface area (Å²) in [5, 5.41) is 0. The predicted octanol–water partition coefficient (Wildman–Crippen LogP) is 2.36. The van der Waals surface area contributed by atoms with E-state index in [1.54, 1.807) is 7.11 Å². The first kappa shape index (κ1) is 13.4. The molecule has 0 saturated carbocycles. The summed E-state index contributed by atoms with van der Waals surface area (Å²) >= 11 is 0. The van der Waals surface area contributed by atoms with Crippen LogP contribution in [-0.4, -0.2) is 25.7 Å². The van der Waals surface area contributed by atoms with Crippen molar-refractivity contribution in [3.63, 3.8) is 0 Å². The minimum absolute atomic E-state index is 0.646. The number of nitrogens with two attached hydrogens (primary N) is 1. The zero-order chi connectivity index (χ0) is 13.7. The second-order valence-corrected chi connectivity index (χ2v) is 4.32. The van der Waals surface area contributed by atoms with Crippen LogP contribution in [-0.2, 0) is 6.42 Å². The maximum absolute atomic E-state index is 5.53. The molecular formula is C15H19N3O.